The van der Waals surface area contributed by atoms with Crippen LogP contribution in [0.1, 0.15) is 12.5 Å². The van der Waals surface area contributed by atoms with Gasteiger partial charge in [-0.3, -0.25) is 4.31 Å². The molecule has 2 rings (SSSR count). The van der Waals surface area contributed by atoms with Gasteiger partial charge < -0.3 is 4.74 Å². The van der Waals surface area contributed by atoms with Crippen molar-refractivity contribution >= 4 is 27.3 Å². The molecule has 0 aliphatic rings. The molecule has 0 fully saturated rings. The number of alkyl halides is 3. The molecule has 26 heavy (non-hydrogen) atoms. The molecule has 0 atom stereocenters. The number of methoxy groups -OCH3 is 1. The van der Waals surface area contributed by atoms with Gasteiger partial charge in [-0.1, -0.05) is 11.6 Å². The van der Waals surface area contributed by atoms with E-state index in [1.807, 2.05) is 0 Å². The Kier molecular flexibility index (Phi) is 5.72. The topological polar surface area (TPSA) is 46.6 Å². The SMILES string of the molecule is CCN(c1ccc(Cl)c(C(F)(F)F)c1)S(=O)(=O)c1ccc(OC)c(F)c1. The van der Waals surface area contributed by atoms with Crippen LogP contribution in [0, 0.1) is 5.82 Å². The van der Waals surface area contributed by atoms with Gasteiger partial charge in [0.1, 0.15) is 0 Å². The lowest BCUT2D eigenvalue weighted by Gasteiger charge is -2.24. The van der Waals surface area contributed by atoms with E-state index < -0.39 is 37.5 Å². The van der Waals surface area contributed by atoms with Crippen LogP contribution in [0.3, 0.4) is 0 Å². The summed E-state index contributed by atoms with van der Waals surface area (Å²) in [6, 6.07) is 5.74. The summed E-state index contributed by atoms with van der Waals surface area (Å²) in [4.78, 5) is -0.416. The molecule has 0 heterocycles. The van der Waals surface area contributed by atoms with E-state index in [-0.39, 0.29) is 18.0 Å². The molecule has 0 saturated heterocycles. The standard InChI is InChI=1S/C16H14ClF4NO3S/c1-3-22(10-4-6-13(17)12(8-10)16(19,20)21)26(23,24)11-5-7-15(25-2)14(18)9-11/h4-9H,3H2,1-2H3. The molecule has 4 nitrogen and oxygen atoms in total. The van der Waals surface area contributed by atoms with Gasteiger partial charge in [0.05, 0.1) is 28.3 Å². The van der Waals surface area contributed by atoms with Gasteiger partial charge in [0, 0.05) is 6.54 Å². The molecule has 142 valence electrons. The highest BCUT2D eigenvalue weighted by molar-refractivity contribution is 7.92. The molecule has 0 saturated carbocycles. The first kappa shape index (κ1) is 20.3. The lowest BCUT2D eigenvalue weighted by Crippen LogP contribution is -2.31. The van der Waals surface area contributed by atoms with Crippen LogP contribution in [-0.2, 0) is 16.2 Å². The second-order valence-electron chi connectivity index (χ2n) is 5.13. The van der Waals surface area contributed by atoms with Crippen molar-refractivity contribution in [3.63, 3.8) is 0 Å². The van der Waals surface area contributed by atoms with Crippen molar-refractivity contribution < 1.29 is 30.7 Å². The molecule has 0 N–H and O–H groups in total. The molecule has 0 aliphatic heterocycles. The Balaban J connectivity index is 2.55. The molecule has 10 heteroatoms. The maximum atomic E-state index is 13.8. The average molecular weight is 412 g/mol. The van der Waals surface area contributed by atoms with E-state index in [4.69, 9.17) is 16.3 Å². The van der Waals surface area contributed by atoms with Crippen LogP contribution in [0.4, 0.5) is 23.2 Å². The van der Waals surface area contributed by atoms with Gasteiger partial charge in [-0.15, -0.1) is 0 Å². The number of halogens is 5. The number of benzene rings is 2. The monoisotopic (exact) mass is 411 g/mol. The number of sulfonamides is 1. The van der Waals surface area contributed by atoms with E-state index in [1.54, 1.807) is 0 Å². The van der Waals surface area contributed by atoms with Crippen molar-refractivity contribution in [3.05, 3.63) is 52.8 Å². The maximum Gasteiger partial charge on any atom is 0.417 e. The van der Waals surface area contributed by atoms with Crippen molar-refractivity contribution in [2.75, 3.05) is 18.0 Å². The molecule has 0 aliphatic carbocycles. The fourth-order valence-corrected chi connectivity index (χ4v) is 4.01. The summed E-state index contributed by atoms with van der Waals surface area (Å²) in [7, 11) is -3.08. The summed E-state index contributed by atoms with van der Waals surface area (Å²) < 4.78 is 84.0. The van der Waals surface area contributed by atoms with Crippen LogP contribution < -0.4 is 9.04 Å². The van der Waals surface area contributed by atoms with Crippen LogP contribution in [0.25, 0.3) is 0 Å². The van der Waals surface area contributed by atoms with Crippen LogP contribution in [0.5, 0.6) is 5.75 Å². The van der Waals surface area contributed by atoms with Crippen molar-refractivity contribution in [3.8, 4) is 5.75 Å². The lowest BCUT2D eigenvalue weighted by atomic mass is 10.2. The van der Waals surface area contributed by atoms with Crippen molar-refractivity contribution in [1.29, 1.82) is 0 Å². The third-order valence-corrected chi connectivity index (χ3v) is 5.77. The summed E-state index contributed by atoms with van der Waals surface area (Å²) in [5.74, 6) is -1.06. The van der Waals surface area contributed by atoms with E-state index in [0.29, 0.717) is 6.07 Å². The summed E-state index contributed by atoms with van der Waals surface area (Å²) in [6.45, 7) is 1.27. The molecule has 0 bridgehead atoms. The Morgan fingerprint density at radius 3 is 2.31 bits per heavy atom. The maximum absolute atomic E-state index is 13.8. The number of anilines is 1. The number of nitrogens with zero attached hydrogens (tertiary/aromatic N) is 1. The highest BCUT2D eigenvalue weighted by Gasteiger charge is 2.35. The number of hydrogen-bond acceptors (Lipinski definition) is 3. The summed E-state index contributed by atoms with van der Waals surface area (Å²) in [5, 5.41) is -0.551. The number of rotatable bonds is 5. The minimum atomic E-state index is -4.75. The fourth-order valence-electron chi connectivity index (χ4n) is 2.31. The minimum absolute atomic E-state index is 0.155. The van der Waals surface area contributed by atoms with Crippen molar-refractivity contribution in [1.82, 2.24) is 0 Å². The van der Waals surface area contributed by atoms with E-state index >= 15 is 0 Å². The van der Waals surface area contributed by atoms with E-state index in [1.165, 1.54) is 14.0 Å². The molecule has 0 amide bonds. The quantitative estimate of drug-likeness (QED) is 0.669. The zero-order valence-electron chi connectivity index (χ0n) is 13.6. The van der Waals surface area contributed by atoms with Crippen LogP contribution in [0.15, 0.2) is 41.3 Å². The van der Waals surface area contributed by atoms with Gasteiger partial charge in [-0.2, -0.15) is 13.2 Å². The molecule has 2 aromatic carbocycles. The Bertz CT molecular complexity index is 916. The first-order valence-electron chi connectivity index (χ1n) is 7.25. The van der Waals surface area contributed by atoms with E-state index in [2.05, 4.69) is 0 Å². The molecule has 0 aromatic heterocycles. The summed E-state index contributed by atoms with van der Waals surface area (Å²) in [6.07, 6.45) is -4.75. The second kappa shape index (κ2) is 7.32. The highest BCUT2D eigenvalue weighted by Crippen LogP contribution is 2.38. The Morgan fingerprint density at radius 2 is 1.81 bits per heavy atom. The predicted octanol–water partition coefficient (Wildman–Crippen LogP) is 4.72. The van der Waals surface area contributed by atoms with Gasteiger partial charge in [-0.25, -0.2) is 12.8 Å². The van der Waals surface area contributed by atoms with Crippen molar-refractivity contribution in [2.24, 2.45) is 0 Å². The third kappa shape index (κ3) is 3.88. The summed E-state index contributed by atoms with van der Waals surface area (Å²) >= 11 is 5.56. The molecular formula is C16H14ClF4NO3S. The van der Waals surface area contributed by atoms with Crippen LogP contribution in [-0.4, -0.2) is 22.1 Å². The van der Waals surface area contributed by atoms with Crippen molar-refractivity contribution in [2.45, 2.75) is 18.0 Å². The lowest BCUT2D eigenvalue weighted by molar-refractivity contribution is -0.137. The van der Waals surface area contributed by atoms with Gasteiger partial charge in [0.25, 0.3) is 10.0 Å². The average Bonchev–Trinajstić information content (AvgIpc) is 2.55. The highest BCUT2D eigenvalue weighted by atomic mass is 35.5. The fraction of sp³-hybridized carbons (Fsp3) is 0.250. The van der Waals surface area contributed by atoms with Crippen LogP contribution in [0.2, 0.25) is 5.02 Å². The van der Waals surface area contributed by atoms with E-state index in [0.717, 1.165) is 34.6 Å². The van der Waals surface area contributed by atoms with Gasteiger partial charge in [0.2, 0.25) is 0 Å². The zero-order chi connectivity index (χ0) is 19.7. The van der Waals surface area contributed by atoms with Gasteiger partial charge >= 0.3 is 6.18 Å². The Hall–Kier alpha value is -2.00. The normalized spacial score (nSPS) is 12.1. The van der Waals surface area contributed by atoms with Gasteiger partial charge in [-0.05, 0) is 43.3 Å². The molecule has 0 radical (unpaired) electrons. The number of hydrogen-bond donors (Lipinski definition) is 0. The first-order valence-corrected chi connectivity index (χ1v) is 9.07. The first-order chi connectivity index (χ1) is 12.0. The van der Waals surface area contributed by atoms with E-state index in [9.17, 15) is 26.0 Å². The molecule has 2 aromatic rings. The zero-order valence-corrected chi connectivity index (χ0v) is 15.2. The second-order valence-corrected chi connectivity index (χ2v) is 7.40. The predicted molar refractivity (Wildman–Crippen MR) is 89.6 cm³/mol. The largest absolute Gasteiger partial charge is 0.494 e. The van der Waals surface area contributed by atoms with Crippen LogP contribution >= 0.6 is 11.6 Å². The third-order valence-electron chi connectivity index (χ3n) is 3.54. The minimum Gasteiger partial charge on any atom is -0.494 e. The molecule has 0 spiro atoms. The molecule has 0 unspecified atom stereocenters. The molecular weight excluding hydrogens is 398 g/mol. The number of ether oxygens (including phenoxy) is 1. The smallest absolute Gasteiger partial charge is 0.417 e. The Labute approximate surface area is 153 Å². The Morgan fingerprint density at radius 1 is 1.15 bits per heavy atom. The van der Waals surface area contributed by atoms with Gasteiger partial charge in [0.15, 0.2) is 11.6 Å². The summed E-state index contributed by atoms with van der Waals surface area (Å²) in [5.41, 5.74) is -1.40.